The van der Waals surface area contributed by atoms with Gasteiger partial charge in [0.05, 0.1) is 7.11 Å². The Labute approximate surface area is 129 Å². The van der Waals surface area contributed by atoms with Crippen LogP contribution in [0.5, 0.6) is 5.75 Å². The van der Waals surface area contributed by atoms with Crippen molar-refractivity contribution in [2.45, 2.75) is 19.8 Å². The quantitative estimate of drug-likeness (QED) is 0.897. The third kappa shape index (κ3) is 4.50. The van der Waals surface area contributed by atoms with Crippen molar-refractivity contribution in [1.29, 1.82) is 0 Å². The van der Waals surface area contributed by atoms with Crippen molar-refractivity contribution >= 4 is 23.2 Å². The Bertz CT molecular complexity index is 640. The molecule has 110 valence electrons. The topological polar surface area (TPSA) is 38.3 Å². The molecule has 0 aliphatic heterocycles. The first kappa shape index (κ1) is 15.4. The number of carbonyl (C=O) groups excluding carboxylic acids is 1. The Balaban J connectivity index is 1.90. The molecule has 21 heavy (non-hydrogen) atoms. The van der Waals surface area contributed by atoms with Crippen LogP contribution < -0.4 is 10.1 Å². The second kappa shape index (κ2) is 7.14. The van der Waals surface area contributed by atoms with Gasteiger partial charge in [0.1, 0.15) is 5.75 Å². The molecule has 0 radical (unpaired) electrons. The summed E-state index contributed by atoms with van der Waals surface area (Å²) >= 11 is 5.88. The second-order valence-corrected chi connectivity index (χ2v) is 5.30. The van der Waals surface area contributed by atoms with Gasteiger partial charge in [-0.3, -0.25) is 4.79 Å². The first-order valence-electron chi connectivity index (χ1n) is 6.77. The highest BCUT2D eigenvalue weighted by atomic mass is 35.5. The lowest BCUT2D eigenvalue weighted by molar-refractivity contribution is -0.116. The smallest absolute Gasteiger partial charge is 0.224 e. The summed E-state index contributed by atoms with van der Waals surface area (Å²) in [7, 11) is 1.65. The van der Waals surface area contributed by atoms with Crippen LogP contribution in [0.2, 0.25) is 5.02 Å². The van der Waals surface area contributed by atoms with E-state index in [2.05, 4.69) is 5.32 Å². The van der Waals surface area contributed by atoms with E-state index in [9.17, 15) is 4.79 Å². The lowest BCUT2D eigenvalue weighted by atomic mass is 10.1. The number of carbonyl (C=O) groups is 1. The van der Waals surface area contributed by atoms with Crippen LogP contribution in [-0.2, 0) is 11.2 Å². The van der Waals surface area contributed by atoms with E-state index in [-0.39, 0.29) is 5.91 Å². The van der Waals surface area contributed by atoms with E-state index in [1.54, 1.807) is 19.2 Å². The molecule has 0 aliphatic rings. The molecule has 0 spiro atoms. The van der Waals surface area contributed by atoms with Crippen LogP contribution >= 0.6 is 11.6 Å². The third-order valence-corrected chi connectivity index (χ3v) is 3.44. The van der Waals surface area contributed by atoms with Gasteiger partial charge in [0.25, 0.3) is 0 Å². The third-order valence-electron chi connectivity index (χ3n) is 3.21. The molecule has 4 heteroatoms. The molecular weight excluding hydrogens is 286 g/mol. The SMILES string of the molecule is COc1ccc(CCC(=O)Nc2cccc(Cl)c2)cc1C. The minimum absolute atomic E-state index is 0.0225. The molecule has 0 aromatic heterocycles. The number of hydrogen-bond donors (Lipinski definition) is 1. The summed E-state index contributed by atoms with van der Waals surface area (Å²) in [4.78, 5) is 11.9. The Morgan fingerprint density at radius 3 is 2.71 bits per heavy atom. The molecule has 0 unspecified atom stereocenters. The maximum Gasteiger partial charge on any atom is 0.224 e. The van der Waals surface area contributed by atoms with Crippen LogP contribution in [0.25, 0.3) is 0 Å². The lowest BCUT2D eigenvalue weighted by Gasteiger charge is -2.08. The highest BCUT2D eigenvalue weighted by Gasteiger charge is 2.05. The van der Waals surface area contributed by atoms with Gasteiger partial charge in [-0.2, -0.15) is 0 Å². The number of methoxy groups -OCH3 is 1. The van der Waals surface area contributed by atoms with Gasteiger partial charge in [0, 0.05) is 17.1 Å². The fourth-order valence-corrected chi connectivity index (χ4v) is 2.33. The summed E-state index contributed by atoms with van der Waals surface area (Å²) in [6.07, 6.45) is 1.12. The lowest BCUT2D eigenvalue weighted by Crippen LogP contribution is -2.12. The zero-order valence-electron chi connectivity index (χ0n) is 12.2. The molecule has 0 fully saturated rings. The number of aryl methyl sites for hydroxylation is 2. The van der Waals surface area contributed by atoms with E-state index >= 15 is 0 Å². The van der Waals surface area contributed by atoms with Gasteiger partial charge < -0.3 is 10.1 Å². The Kier molecular flexibility index (Phi) is 5.23. The van der Waals surface area contributed by atoms with E-state index in [1.807, 2.05) is 37.3 Å². The molecule has 0 saturated carbocycles. The first-order chi connectivity index (χ1) is 10.1. The molecule has 2 aromatic rings. The number of halogens is 1. The van der Waals surface area contributed by atoms with Crippen LogP contribution in [0.4, 0.5) is 5.69 Å². The zero-order chi connectivity index (χ0) is 15.2. The number of nitrogens with one attached hydrogen (secondary N) is 1. The minimum atomic E-state index is -0.0225. The van der Waals surface area contributed by atoms with Gasteiger partial charge >= 0.3 is 0 Å². The van der Waals surface area contributed by atoms with Gasteiger partial charge in [0.2, 0.25) is 5.91 Å². The van der Waals surface area contributed by atoms with E-state index < -0.39 is 0 Å². The predicted octanol–water partition coefficient (Wildman–Crippen LogP) is 4.23. The summed E-state index contributed by atoms with van der Waals surface area (Å²) in [5, 5.41) is 3.45. The summed E-state index contributed by atoms with van der Waals surface area (Å²) < 4.78 is 5.22. The maximum absolute atomic E-state index is 11.9. The van der Waals surface area contributed by atoms with E-state index in [0.717, 1.165) is 22.6 Å². The number of hydrogen-bond acceptors (Lipinski definition) is 2. The molecule has 0 saturated heterocycles. The van der Waals surface area contributed by atoms with Crippen molar-refractivity contribution < 1.29 is 9.53 Å². The summed E-state index contributed by atoms with van der Waals surface area (Å²) in [5.41, 5.74) is 2.92. The van der Waals surface area contributed by atoms with E-state index in [0.29, 0.717) is 17.9 Å². The molecule has 1 N–H and O–H groups in total. The fourth-order valence-electron chi connectivity index (χ4n) is 2.14. The largest absolute Gasteiger partial charge is 0.496 e. The highest BCUT2D eigenvalue weighted by Crippen LogP contribution is 2.20. The monoisotopic (exact) mass is 303 g/mol. The van der Waals surface area contributed by atoms with Gasteiger partial charge in [-0.15, -0.1) is 0 Å². The van der Waals surface area contributed by atoms with Crippen LogP contribution in [0.15, 0.2) is 42.5 Å². The molecule has 0 heterocycles. The predicted molar refractivity (Wildman–Crippen MR) is 86.1 cm³/mol. The average molecular weight is 304 g/mol. The average Bonchev–Trinajstić information content (AvgIpc) is 2.45. The van der Waals surface area contributed by atoms with Crippen molar-refractivity contribution in [3.63, 3.8) is 0 Å². The van der Waals surface area contributed by atoms with Gasteiger partial charge in [-0.25, -0.2) is 0 Å². The molecule has 2 rings (SSSR count). The van der Waals surface area contributed by atoms with Gasteiger partial charge in [-0.05, 0) is 48.7 Å². The van der Waals surface area contributed by atoms with Crippen LogP contribution in [-0.4, -0.2) is 13.0 Å². The molecule has 0 aliphatic carbocycles. The minimum Gasteiger partial charge on any atom is -0.496 e. The van der Waals surface area contributed by atoms with Crippen molar-refractivity contribution in [3.8, 4) is 5.75 Å². The van der Waals surface area contributed by atoms with Gasteiger partial charge in [0.15, 0.2) is 0 Å². The second-order valence-electron chi connectivity index (χ2n) is 4.86. The Hall–Kier alpha value is -2.00. The molecule has 0 atom stereocenters. The van der Waals surface area contributed by atoms with Crippen molar-refractivity contribution in [1.82, 2.24) is 0 Å². The van der Waals surface area contributed by atoms with Crippen LogP contribution in [0.3, 0.4) is 0 Å². The van der Waals surface area contributed by atoms with Crippen molar-refractivity contribution in [2.24, 2.45) is 0 Å². The molecule has 1 amide bonds. The Morgan fingerprint density at radius 2 is 2.05 bits per heavy atom. The molecule has 0 bridgehead atoms. The molecular formula is C17H18ClNO2. The summed E-state index contributed by atoms with van der Waals surface area (Å²) in [6.45, 7) is 1.99. The van der Waals surface area contributed by atoms with Crippen molar-refractivity contribution in [3.05, 3.63) is 58.6 Å². The van der Waals surface area contributed by atoms with Crippen molar-refractivity contribution in [2.75, 3.05) is 12.4 Å². The van der Waals surface area contributed by atoms with Crippen LogP contribution in [0.1, 0.15) is 17.5 Å². The standard InChI is InChI=1S/C17H18ClNO2/c1-12-10-13(6-8-16(12)21-2)7-9-17(20)19-15-5-3-4-14(18)11-15/h3-6,8,10-11H,7,9H2,1-2H3,(H,19,20). The van der Waals surface area contributed by atoms with E-state index in [1.165, 1.54) is 0 Å². The fraction of sp³-hybridized carbons (Fsp3) is 0.235. The number of anilines is 1. The normalized spacial score (nSPS) is 10.2. The zero-order valence-corrected chi connectivity index (χ0v) is 12.9. The number of ether oxygens (including phenoxy) is 1. The molecule has 3 nitrogen and oxygen atoms in total. The van der Waals surface area contributed by atoms with Crippen LogP contribution in [0, 0.1) is 6.92 Å². The summed E-state index contributed by atoms with van der Waals surface area (Å²) in [6, 6.07) is 13.1. The first-order valence-corrected chi connectivity index (χ1v) is 7.15. The Morgan fingerprint density at radius 1 is 1.24 bits per heavy atom. The number of benzene rings is 2. The maximum atomic E-state index is 11.9. The van der Waals surface area contributed by atoms with E-state index in [4.69, 9.17) is 16.3 Å². The molecule has 2 aromatic carbocycles. The van der Waals surface area contributed by atoms with Gasteiger partial charge in [-0.1, -0.05) is 29.8 Å². The number of rotatable bonds is 5. The summed E-state index contributed by atoms with van der Waals surface area (Å²) in [5.74, 6) is 0.841. The highest BCUT2D eigenvalue weighted by molar-refractivity contribution is 6.30. The number of amides is 1.